The fraction of sp³-hybridized carbons (Fsp3) is 1.00. The molecule has 0 fully saturated rings. The minimum atomic E-state index is 0.291. The second-order valence-electron chi connectivity index (χ2n) is 17.2. The van der Waals surface area contributed by atoms with E-state index in [0.29, 0.717) is 24.2 Å². The summed E-state index contributed by atoms with van der Waals surface area (Å²) >= 11 is 0. The molecule has 0 saturated carbocycles. The van der Waals surface area contributed by atoms with E-state index in [0.717, 1.165) is 0 Å². The molecule has 296 valence electrons. The summed E-state index contributed by atoms with van der Waals surface area (Å²) < 4.78 is 0. The maximum Gasteiger partial charge on any atom is -0.0305 e. The van der Waals surface area contributed by atoms with Crippen molar-refractivity contribution in [3.05, 3.63) is 0 Å². The average molecular weight is 707 g/mol. The predicted molar refractivity (Wildman–Crippen MR) is 232 cm³/mol. The highest BCUT2D eigenvalue weighted by atomic mass is 31.1. The van der Waals surface area contributed by atoms with Crippen molar-refractivity contribution in [1.82, 2.24) is 0 Å². The van der Waals surface area contributed by atoms with Crippen molar-refractivity contribution in [1.29, 1.82) is 0 Å². The van der Waals surface area contributed by atoms with Gasteiger partial charge in [0.25, 0.3) is 0 Å². The molecule has 0 aromatic rings. The number of unbranched alkanes of at least 4 members (excludes halogenated alkanes) is 18. The third-order valence-corrected chi connectivity index (χ3v) is 17.6. The van der Waals surface area contributed by atoms with Crippen LogP contribution in [-0.2, 0) is 0 Å². The summed E-state index contributed by atoms with van der Waals surface area (Å²) in [6.07, 6.45) is 52.9. The van der Waals surface area contributed by atoms with Crippen LogP contribution in [0.4, 0.5) is 0 Å². The van der Waals surface area contributed by atoms with E-state index in [2.05, 4.69) is 62.3 Å². The molecule has 1 heteroatoms. The third-order valence-electron chi connectivity index (χ3n) is 14.8. The summed E-state index contributed by atoms with van der Waals surface area (Å²) in [7, 11) is 0.291. The fourth-order valence-electron chi connectivity index (χ4n) is 9.33. The molecule has 0 aliphatic carbocycles. The SMILES string of the molecule is CCC(CC)(CC)CCCCCCCCCP(CCCCCCCCCC(CC)(CC)CC)CCCCCCCCCC(CC)(CC)CC. The van der Waals surface area contributed by atoms with Crippen molar-refractivity contribution in [2.24, 2.45) is 16.2 Å². The molecule has 0 N–H and O–H groups in total. The van der Waals surface area contributed by atoms with Crippen molar-refractivity contribution in [3.63, 3.8) is 0 Å². The predicted octanol–water partition coefficient (Wildman–Crippen LogP) is 18.5. The number of hydrogen-bond donors (Lipinski definition) is 0. The standard InChI is InChI=1S/C48H99P/c1-10-46(11-2,12-3)40-34-28-22-19-25-31-37-43-49(44-38-32-26-20-23-29-35-41-47(13-4,14-5)15-6)45-39-33-27-21-24-30-36-42-48(16-7,17-8)18-9/h10-45H2,1-9H3. The van der Waals surface area contributed by atoms with E-state index < -0.39 is 0 Å². The lowest BCUT2D eigenvalue weighted by atomic mass is 9.75. The first-order valence-corrected chi connectivity index (χ1v) is 25.5. The molecule has 49 heavy (non-hydrogen) atoms. The lowest BCUT2D eigenvalue weighted by molar-refractivity contribution is 0.220. The summed E-state index contributed by atoms with van der Waals surface area (Å²) in [4.78, 5) is 0. The van der Waals surface area contributed by atoms with Gasteiger partial charge in [0.15, 0.2) is 0 Å². The van der Waals surface area contributed by atoms with Crippen LogP contribution in [0.15, 0.2) is 0 Å². The molecular formula is C48H99P. The molecule has 0 aromatic carbocycles. The molecule has 0 saturated heterocycles. The van der Waals surface area contributed by atoms with Gasteiger partial charge in [-0.15, -0.1) is 7.92 Å². The Morgan fingerprint density at radius 3 is 0.571 bits per heavy atom. The smallest absolute Gasteiger partial charge is 0.0305 e. The minimum absolute atomic E-state index is 0.291. The summed E-state index contributed by atoms with van der Waals surface area (Å²) in [6.45, 7) is 21.7. The molecule has 0 aliphatic rings. The Morgan fingerprint density at radius 1 is 0.224 bits per heavy atom. The van der Waals surface area contributed by atoms with Gasteiger partial charge in [0.1, 0.15) is 0 Å². The minimum Gasteiger partial charge on any atom is -0.107 e. The summed E-state index contributed by atoms with van der Waals surface area (Å²) in [5.41, 5.74) is 1.94. The maximum absolute atomic E-state index is 2.42. The first-order valence-electron chi connectivity index (χ1n) is 23.6. The van der Waals surface area contributed by atoms with Gasteiger partial charge in [-0.05, 0) is 73.3 Å². The first-order chi connectivity index (χ1) is 23.8. The monoisotopic (exact) mass is 707 g/mol. The van der Waals surface area contributed by atoms with Gasteiger partial charge in [-0.3, -0.25) is 0 Å². The van der Waals surface area contributed by atoms with Crippen molar-refractivity contribution in [2.45, 2.75) is 274 Å². The number of rotatable bonds is 39. The Labute approximate surface area is 315 Å². The Hall–Kier alpha value is 0.430. The van der Waals surface area contributed by atoms with E-state index >= 15 is 0 Å². The van der Waals surface area contributed by atoms with Crippen molar-refractivity contribution < 1.29 is 0 Å². The van der Waals surface area contributed by atoms with Crippen LogP contribution in [0, 0.1) is 16.2 Å². The van der Waals surface area contributed by atoms with Gasteiger partial charge >= 0.3 is 0 Å². The van der Waals surface area contributed by atoms with Crippen LogP contribution in [0.5, 0.6) is 0 Å². The van der Waals surface area contributed by atoms with Gasteiger partial charge < -0.3 is 0 Å². The highest BCUT2D eigenvalue weighted by Crippen LogP contribution is 2.41. The molecule has 0 aliphatic heterocycles. The molecule has 0 bridgehead atoms. The van der Waals surface area contributed by atoms with Crippen LogP contribution in [0.3, 0.4) is 0 Å². The molecule has 0 amide bonds. The lowest BCUT2D eigenvalue weighted by Gasteiger charge is -2.30. The van der Waals surface area contributed by atoms with Crippen LogP contribution in [0.1, 0.15) is 274 Å². The van der Waals surface area contributed by atoms with E-state index in [4.69, 9.17) is 0 Å². The third kappa shape index (κ3) is 23.7. The van der Waals surface area contributed by atoms with E-state index in [9.17, 15) is 0 Å². The molecule has 0 atom stereocenters. The average Bonchev–Trinajstić information content (AvgIpc) is 3.14. The molecule has 0 aromatic heterocycles. The van der Waals surface area contributed by atoms with Gasteiger partial charge in [-0.1, -0.05) is 236 Å². The Balaban J connectivity index is 4.32. The second kappa shape index (κ2) is 33.0. The Bertz CT molecular complexity index is 539. The van der Waals surface area contributed by atoms with Gasteiger partial charge in [0, 0.05) is 0 Å². The van der Waals surface area contributed by atoms with Crippen LogP contribution in [0.25, 0.3) is 0 Å². The highest BCUT2D eigenvalue weighted by Gasteiger charge is 2.24. The molecule has 0 radical (unpaired) electrons. The zero-order valence-electron chi connectivity index (χ0n) is 36.4. The largest absolute Gasteiger partial charge is 0.107 e. The van der Waals surface area contributed by atoms with E-state index in [1.54, 1.807) is 18.5 Å². The molecule has 0 unspecified atom stereocenters. The van der Waals surface area contributed by atoms with Crippen molar-refractivity contribution in [2.75, 3.05) is 18.5 Å². The highest BCUT2D eigenvalue weighted by molar-refractivity contribution is 7.57. The number of hydrogen-bond acceptors (Lipinski definition) is 0. The van der Waals surface area contributed by atoms with Crippen molar-refractivity contribution >= 4 is 7.92 Å². The molecule has 0 nitrogen and oxygen atoms in total. The van der Waals surface area contributed by atoms with E-state index in [1.165, 1.54) is 212 Å². The van der Waals surface area contributed by atoms with Crippen molar-refractivity contribution in [3.8, 4) is 0 Å². The van der Waals surface area contributed by atoms with Crippen LogP contribution < -0.4 is 0 Å². The zero-order valence-corrected chi connectivity index (χ0v) is 37.3. The van der Waals surface area contributed by atoms with Gasteiger partial charge in [0.05, 0.1) is 0 Å². The first kappa shape index (κ1) is 49.4. The van der Waals surface area contributed by atoms with Crippen LogP contribution in [0.2, 0.25) is 0 Å². The normalized spacial score (nSPS) is 12.9. The summed E-state index contributed by atoms with van der Waals surface area (Å²) in [6, 6.07) is 0. The molecule has 0 spiro atoms. The van der Waals surface area contributed by atoms with Crippen LogP contribution in [-0.4, -0.2) is 18.5 Å². The summed E-state index contributed by atoms with van der Waals surface area (Å²) in [5.74, 6) is 0. The fourth-order valence-corrected chi connectivity index (χ4v) is 12.0. The molecule has 0 heterocycles. The second-order valence-corrected chi connectivity index (χ2v) is 19.9. The van der Waals surface area contributed by atoms with E-state index in [1.807, 2.05) is 0 Å². The molecule has 0 rings (SSSR count). The lowest BCUT2D eigenvalue weighted by Crippen LogP contribution is -2.17. The molecular weight excluding hydrogens is 608 g/mol. The van der Waals surface area contributed by atoms with Gasteiger partial charge in [-0.25, -0.2) is 0 Å². The Morgan fingerprint density at radius 2 is 0.388 bits per heavy atom. The van der Waals surface area contributed by atoms with Gasteiger partial charge in [0.2, 0.25) is 0 Å². The topological polar surface area (TPSA) is 0 Å². The Kier molecular flexibility index (Phi) is 33.3. The summed E-state index contributed by atoms with van der Waals surface area (Å²) in [5, 5.41) is 0. The van der Waals surface area contributed by atoms with Crippen LogP contribution >= 0.6 is 7.92 Å². The zero-order chi connectivity index (χ0) is 36.5. The quantitative estimate of drug-likeness (QED) is 0.0441. The van der Waals surface area contributed by atoms with E-state index in [-0.39, 0.29) is 0 Å². The van der Waals surface area contributed by atoms with Gasteiger partial charge in [-0.2, -0.15) is 0 Å². The maximum atomic E-state index is 2.42.